The number of pyridine rings is 1. The molecule has 0 saturated carbocycles. The lowest BCUT2D eigenvalue weighted by Gasteiger charge is -2.13. The Morgan fingerprint density at radius 2 is 2.11 bits per heavy atom. The van der Waals surface area contributed by atoms with Crippen LogP contribution in [0.5, 0.6) is 5.75 Å². The minimum Gasteiger partial charge on any atom is -0.495 e. The predicted octanol–water partition coefficient (Wildman–Crippen LogP) is 2.56. The van der Waals surface area contributed by atoms with Crippen molar-refractivity contribution in [1.82, 2.24) is 20.3 Å². The van der Waals surface area contributed by atoms with E-state index >= 15 is 0 Å². The molecule has 9 heteroatoms. The standard InChI is InChI=1S/C18H19N5O4/c1-4-20-18(25)23-17-21-12-8-11(10-6-5-7-19-9-10)15(26-2)13(14(12)22-17)16(24)27-3/h5-9H,4H2,1-3H3,(H3,20,21,22,23,25). The molecule has 9 nitrogen and oxygen atoms in total. The maximum absolute atomic E-state index is 12.5. The highest BCUT2D eigenvalue weighted by Gasteiger charge is 2.25. The van der Waals surface area contributed by atoms with Crippen LogP contribution in [0.1, 0.15) is 17.3 Å². The van der Waals surface area contributed by atoms with Crippen molar-refractivity contribution in [2.24, 2.45) is 0 Å². The van der Waals surface area contributed by atoms with E-state index in [1.54, 1.807) is 31.5 Å². The molecule has 2 amide bonds. The quantitative estimate of drug-likeness (QED) is 0.595. The van der Waals surface area contributed by atoms with Crippen molar-refractivity contribution in [3.8, 4) is 16.9 Å². The van der Waals surface area contributed by atoms with E-state index in [0.29, 0.717) is 28.9 Å². The molecule has 0 saturated heterocycles. The number of hydrogen-bond donors (Lipinski definition) is 3. The number of nitrogens with one attached hydrogen (secondary N) is 3. The molecule has 0 bridgehead atoms. The molecular formula is C18H19N5O4. The number of fused-ring (bicyclic) bond motifs is 1. The lowest BCUT2D eigenvalue weighted by Crippen LogP contribution is -2.28. The fourth-order valence-electron chi connectivity index (χ4n) is 2.75. The van der Waals surface area contributed by atoms with Gasteiger partial charge in [0.1, 0.15) is 16.8 Å². The number of nitrogens with zero attached hydrogens (tertiary/aromatic N) is 2. The number of benzene rings is 1. The van der Waals surface area contributed by atoms with Gasteiger partial charge in [0.05, 0.1) is 19.7 Å². The molecule has 140 valence electrons. The number of methoxy groups -OCH3 is 2. The van der Waals surface area contributed by atoms with Crippen LogP contribution < -0.4 is 15.4 Å². The van der Waals surface area contributed by atoms with E-state index in [-0.39, 0.29) is 11.5 Å². The number of H-pyrrole nitrogens is 1. The number of carbonyl (C=O) groups is 2. The number of esters is 1. The Morgan fingerprint density at radius 1 is 1.30 bits per heavy atom. The molecule has 2 heterocycles. The molecule has 27 heavy (non-hydrogen) atoms. The van der Waals surface area contributed by atoms with Gasteiger partial charge in [-0.2, -0.15) is 0 Å². The van der Waals surface area contributed by atoms with Crippen LogP contribution in [0.3, 0.4) is 0 Å². The molecule has 0 unspecified atom stereocenters. The lowest BCUT2D eigenvalue weighted by molar-refractivity contribution is 0.0599. The molecular weight excluding hydrogens is 350 g/mol. The van der Waals surface area contributed by atoms with Gasteiger partial charge in [-0.1, -0.05) is 6.07 Å². The maximum atomic E-state index is 12.5. The number of hydrogen-bond acceptors (Lipinski definition) is 6. The molecule has 0 radical (unpaired) electrons. The first-order valence-corrected chi connectivity index (χ1v) is 8.23. The van der Waals surface area contributed by atoms with E-state index < -0.39 is 12.0 Å². The average Bonchev–Trinajstić information content (AvgIpc) is 3.08. The first kappa shape index (κ1) is 18.2. The van der Waals surface area contributed by atoms with Crippen LogP contribution in [-0.4, -0.2) is 47.7 Å². The molecule has 0 fully saturated rings. The normalized spacial score (nSPS) is 10.5. The summed E-state index contributed by atoms with van der Waals surface area (Å²) >= 11 is 0. The van der Waals surface area contributed by atoms with Gasteiger partial charge in [-0.15, -0.1) is 0 Å². The van der Waals surface area contributed by atoms with Crippen LogP contribution >= 0.6 is 0 Å². The minimum absolute atomic E-state index is 0.163. The molecule has 3 rings (SSSR count). The molecule has 0 aliphatic heterocycles. The Kier molecular flexibility index (Phi) is 5.20. The van der Waals surface area contributed by atoms with E-state index in [1.165, 1.54) is 14.2 Å². The van der Waals surface area contributed by atoms with Gasteiger partial charge in [-0.3, -0.25) is 10.3 Å². The minimum atomic E-state index is -0.598. The molecule has 3 N–H and O–H groups in total. The zero-order chi connectivity index (χ0) is 19.4. The molecule has 0 aliphatic rings. The zero-order valence-corrected chi connectivity index (χ0v) is 15.1. The number of carbonyl (C=O) groups excluding carboxylic acids is 2. The van der Waals surface area contributed by atoms with E-state index in [2.05, 4.69) is 25.6 Å². The maximum Gasteiger partial charge on any atom is 0.343 e. The van der Waals surface area contributed by atoms with Gasteiger partial charge in [0, 0.05) is 30.1 Å². The highest BCUT2D eigenvalue weighted by molar-refractivity contribution is 6.08. The molecule has 1 aromatic carbocycles. The van der Waals surface area contributed by atoms with Gasteiger partial charge >= 0.3 is 12.0 Å². The third kappa shape index (κ3) is 3.52. The van der Waals surface area contributed by atoms with Gasteiger partial charge < -0.3 is 19.8 Å². The summed E-state index contributed by atoms with van der Waals surface area (Å²) in [7, 11) is 2.75. The van der Waals surface area contributed by atoms with E-state index in [1.807, 2.05) is 6.07 Å². The predicted molar refractivity (Wildman–Crippen MR) is 99.9 cm³/mol. The number of aromatic amines is 1. The first-order valence-electron chi connectivity index (χ1n) is 8.23. The van der Waals surface area contributed by atoms with Crippen molar-refractivity contribution in [3.05, 3.63) is 36.2 Å². The summed E-state index contributed by atoms with van der Waals surface area (Å²) < 4.78 is 10.4. The van der Waals surface area contributed by atoms with Gasteiger partial charge in [0.25, 0.3) is 0 Å². The summed E-state index contributed by atoms with van der Waals surface area (Å²) in [5.74, 6) is -0.0800. The third-order valence-corrected chi connectivity index (χ3v) is 3.86. The molecule has 0 aliphatic carbocycles. The Balaban J connectivity index is 2.22. The molecule has 3 aromatic rings. The number of rotatable bonds is 5. The average molecular weight is 369 g/mol. The SMILES string of the molecule is CCNC(=O)Nc1nc2c(C(=O)OC)c(OC)c(-c3cccnc3)cc2[nH]1. The van der Waals surface area contributed by atoms with Crippen molar-refractivity contribution in [3.63, 3.8) is 0 Å². The zero-order valence-electron chi connectivity index (χ0n) is 15.1. The fraction of sp³-hybridized carbons (Fsp3) is 0.222. The summed E-state index contributed by atoms with van der Waals surface area (Å²) in [6.45, 7) is 2.27. The van der Waals surface area contributed by atoms with Gasteiger partial charge in [0.2, 0.25) is 5.95 Å². The molecule has 0 spiro atoms. The fourth-order valence-corrected chi connectivity index (χ4v) is 2.75. The van der Waals surface area contributed by atoms with Crippen LogP contribution in [-0.2, 0) is 4.74 Å². The van der Waals surface area contributed by atoms with Crippen molar-refractivity contribution in [2.45, 2.75) is 6.92 Å². The monoisotopic (exact) mass is 369 g/mol. The second-order valence-corrected chi connectivity index (χ2v) is 5.53. The number of amides is 2. The number of urea groups is 1. The topological polar surface area (TPSA) is 118 Å². The summed E-state index contributed by atoms with van der Waals surface area (Å²) in [6.07, 6.45) is 3.31. The van der Waals surface area contributed by atoms with Crippen LogP contribution in [0.15, 0.2) is 30.6 Å². The van der Waals surface area contributed by atoms with Gasteiger partial charge in [-0.25, -0.2) is 14.6 Å². The number of anilines is 1. The van der Waals surface area contributed by atoms with Crippen LogP contribution in [0.4, 0.5) is 10.7 Å². The van der Waals surface area contributed by atoms with E-state index in [4.69, 9.17) is 9.47 Å². The van der Waals surface area contributed by atoms with Gasteiger partial charge in [0.15, 0.2) is 0 Å². The van der Waals surface area contributed by atoms with Crippen LogP contribution in [0.25, 0.3) is 22.2 Å². The summed E-state index contributed by atoms with van der Waals surface area (Å²) in [5.41, 5.74) is 2.44. The second-order valence-electron chi connectivity index (χ2n) is 5.53. The lowest BCUT2D eigenvalue weighted by atomic mass is 10.0. The summed E-state index contributed by atoms with van der Waals surface area (Å²) in [5, 5.41) is 5.20. The van der Waals surface area contributed by atoms with Gasteiger partial charge in [-0.05, 0) is 19.1 Å². The van der Waals surface area contributed by atoms with E-state index in [9.17, 15) is 9.59 Å². The Morgan fingerprint density at radius 3 is 2.74 bits per heavy atom. The number of imidazole rings is 1. The number of ether oxygens (including phenoxy) is 2. The van der Waals surface area contributed by atoms with Crippen LogP contribution in [0.2, 0.25) is 0 Å². The van der Waals surface area contributed by atoms with Crippen molar-refractivity contribution < 1.29 is 19.1 Å². The number of aromatic nitrogens is 3. The smallest absolute Gasteiger partial charge is 0.343 e. The summed E-state index contributed by atoms with van der Waals surface area (Å²) in [4.78, 5) is 35.7. The molecule has 0 atom stereocenters. The van der Waals surface area contributed by atoms with Crippen molar-refractivity contribution in [2.75, 3.05) is 26.1 Å². The van der Waals surface area contributed by atoms with Crippen LogP contribution in [0, 0.1) is 0 Å². The van der Waals surface area contributed by atoms with Crippen molar-refractivity contribution >= 4 is 29.0 Å². The largest absolute Gasteiger partial charge is 0.495 e. The van der Waals surface area contributed by atoms with Crippen molar-refractivity contribution in [1.29, 1.82) is 0 Å². The highest BCUT2D eigenvalue weighted by Crippen LogP contribution is 2.38. The van der Waals surface area contributed by atoms with E-state index in [0.717, 1.165) is 5.56 Å². The molecule has 2 aromatic heterocycles. The Bertz CT molecular complexity index is 984. The Labute approximate surface area is 155 Å². The summed E-state index contributed by atoms with van der Waals surface area (Å²) in [6, 6.07) is 5.01. The first-order chi connectivity index (χ1) is 13.1. The Hall–Kier alpha value is -3.62. The third-order valence-electron chi connectivity index (χ3n) is 3.86. The second kappa shape index (κ2) is 7.73. The highest BCUT2D eigenvalue weighted by atomic mass is 16.5.